The number of hydrogen-bond donors (Lipinski definition) is 3. The van der Waals surface area contributed by atoms with E-state index in [9.17, 15) is 28.2 Å². The van der Waals surface area contributed by atoms with E-state index in [-0.39, 0.29) is 25.0 Å². The van der Waals surface area contributed by atoms with Crippen LogP contribution in [0.1, 0.15) is 81.7 Å². The van der Waals surface area contributed by atoms with E-state index in [4.69, 9.17) is 23.1 Å². The van der Waals surface area contributed by atoms with Crippen molar-refractivity contribution in [3.05, 3.63) is 64.9 Å². The number of likely N-dealkylation sites (N-methyl/N-ethyl adjacent to an activating group) is 1. The molecule has 6 heterocycles. The molecule has 5 aliphatic heterocycles. The lowest BCUT2D eigenvalue weighted by molar-refractivity contribution is -0.228. The number of H-pyrrole nitrogens is 1. The molecule has 0 radical (unpaired) electrons. The molecule has 68 heavy (non-hydrogen) atoms. The van der Waals surface area contributed by atoms with Gasteiger partial charge < -0.3 is 39.0 Å². The maximum atomic E-state index is 15.6. The molecule has 1 aromatic heterocycles. The highest BCUT2D eigenvalue weighted by atomic mass is 32.2. The zero-order chi connectivity index (χ0) is 48.8. The second-order valence-corrected chi connectivity index (χ2v) is 22.9. The Morgan fingerprint density at radius 2 is 1.74 bits per heavy atom. The SMILES string of the molecule is CC[C@]1(O)C[C@H]2CN(CCc3c([nH]c4ccc(SCCCOS(C)(=O)=O)cc34)[C@@](C(=O)OC)(c3cc4c(cc3OC)N(C)[C@H]3[C@@](O)(C(=O)OC)[C@H](OC(C)=O)[C@]5(CC)C=CCN6CC[C@]43[C@@H]65)C2)C1. The van der Waals surface area contributed by atoms with E-state index >= 15 is 4.79 Å². The van der Waals surface area contributed by atoms with Crippen molar-refractivity contribution in [2.75, 3.05) is 84.6 Å². The maximum Gasteiger partial charge on any atom is 0.344 e. The van der Waals surface area contributed by atoms with Gasteiger partial charge in [0.05, 0.1) is 45.8 Å². The first-order valence-electron chi connectivity index (χ1n) is 23.8. The van der Waals surface area contributed by atoms with Gasteiger partial charge in [0.1, 0.15) is 11.2 Å². The van der Waals surface area contributed by atoms with Crippen LogP contribution in [0.3, 0.4) is 0 Å². The second kappa shape index (κ2) is 17.6. The predicted molar refractivity (Wildman–Crippen MR) is 257 cm³/mol. The third-order valence-electron chi connectivity index (χ3n) is 16.5. The number of carbonyl (C=O) groups excluding carboxylic acids is 3. The van der Waals surface area contributed by atoms with E-state index in [2.05, 4.69) is 26.9 Å². The number of esters is 3. The number of thioether (sulfide) groups is 1. The summed E-state index contributed by atoms with van der Waals surface area (Å²) in [6.45, 7) is 8.39. The highest BCUT2D eigenvalue weighted by molar-refractivity contribution is 7.99. The fourth-order valence-corrected chi connectivity index (χ4v) is 15.4. The van der Waals surface area contributed by atoms with Crippen LogP contribution in [0.25, 0.3) is 10.9 Å². The third kappa shape index (κ3) is 7.32. The van der Waals surface area contributed by atoms with Gasteiger partial charge in [0.2, 0.25) is 5.60 Å². The van der Waals surface area contributed by atoms with Gasteiger partial charge in [-0.2, -0.15) is 8.42 Å². The van der Waals surface area contributed by atoms with Crippen molar-refractivity contribution in [2.45, 2.75) is 111 Å². The molecule has 18 heteroatoms. The van der Waals surface area contributed by atoms with E-state index < -0.39 is 67.6 Å². The number of anilines is 1. The number of nitrogens with zero attached hydrogens (tertiary/aromatic N) is 3. The first-order chi connectivity index (χ1) is 32.3. The monoisotopic (exact) mass is 978 g/mol. The summed E-state index contributed by atoms with van der Waals surface area (Å²) in [6, 6.07) is 8.83. The Bertz CT molecular complexity index is 2660. The number of carbonyl (C=O) groups is 3. The molecule has 370 valence electrons. The highest BCUT2D eigenvalue weighted by Gasteiger charge is 2.80. The lowest BCUT2D eigenvalue weighted by Crippen LogP contribution is -2.81. The standard InChI is InChI=1S/C50H66N4O12S2/c1-9-46(58)26-31-27-49(44(56)63-6,40-33(15-19-53(28-31)29-46)34-23-32(13-14-37(34)51-40)67-22-12-21-65-68(8,60)61)36-24-35-38(25-39(36)62-5)52(4)42-48(35)17-20-54-18-11-16-47(10-2,41(48)54)43(66-30(3)55)50(42,59)45(57)64-7/h11,13-14,16,23-25,31,41-43,51,58-59H,9-10,12,15,17-22,26-29H2,1-8H3/t31-,41+,42-,43-,46+,47-,48-,49+,50+/m1/s1. The summed E-state index contributed by atoms with van der Waals surface area (Å²) in [7, 11) is 2.52. The van der Waals surface area contributed by atoms with Crippen molar-refractivity contribution < 1.29 is 56.1 Å². The lowest BCUT2D eigenvalue weighted by Gasteiger charge is -2.63. The summed E-state index contributed by atoms with van der Waals surface area (Å²) in [6.07, 6.45) is 7.11. The molecule has 3 N–H and O–H groups in total. The van der Waals surface area contributed by atoms with E-state index in [0.29, 0.717) is 99.7 Å². The zero-order valence-electron chi connectivity index (χ0n) is 40.4. The maximum absolute atomic E-state index is 15.6. The smallest absolute Gasteiger partial charge is 0.344 e. The summed E-state index contributed by atoms with van der Waals surface area (Å²) >= 11 is 1.59. The van der Waals surface area contributed by atoms with Gasteiger partial charge in [-0.05, 0) is 92.8 Å². The van der Waals surface area contributed by atoms with Gasteiger partial charge in [0.25, 0.3) is 10.1 Å². The molecule has 1 aliphatic carbocycles. The number of aliphatic hydroxyl groups is 2. The van der Waals surface area contributed by atoms with Crippen LogP contribution in [-0.2, 0) is 60.1 Å². The van der Waals surface area contributed by atoms with Crippen LogP contribution in [0.5, 0.6) is 5.75 Å². The molecule has 1 saturated carbocycles. The molecule has 1 spiro atoms. The number of aromatic amines is 1. The molecule has 16 nitrogen and oxygen atoms in total. The van der Waals surface area contributed by atoms with Crippen molar-refractivity contribution >= 4 is 56.4 Å². The molecule has 1 unspecified atom stereocenters. The van der Waals surface area contributed by atoms with Crippen LogP contribution < -0.4 is 9.64 Å². The van der Waals surface area contributed by atoms with Crippen LogP contribution in [0.15, 0.2) is 47.4 Å². The van der Waals surface area contributed by atoms with Gasteiger partial charge in [-0.1, -0.05) is 26.0 Å². The number of rotatable bonds is 13. The number of benzene rings is 2. The molecular formula is C50H66N4O12S2. The molecule has 6 aliphatic rings. The highest BCUT2D eigenvalue weighted by Crippen LogP contribution is 2.68. The van der Waals surface area contributed by atoms with Crippen LogP contribution in [0, 0.1) is 11.3 Å². The van der Waals surface area contributed by atoms with Crippen LogP contribution >= 0.6 is 11.8 Å². The van der Waals surface area contributed by atoms with Crippen molar-refractivity contribution in [3.8, 4) is 5.75 Å². The van der Waals surface area contributed by atoms with Crippen LogP contribution in [0.2, 0.25) is 0 Å². The molecule has 9 rings (SSSR count). The Kier molecular flexibility index (Phi) is 12.6. The number of methoxy groups -OCH3 is 3. The van der Waals surface area contributed by atoms with Gasteiger partial charge in [0.15, 0.2) is 6.10 Å². The molecule has 2 bridgehead atoms. The number of piperidine rings is 1. The summed E-state index contributed by atoms with van der Waals surface area (Å²) in [5.74, 6) is -1.17. The minimum atomic E-state index is -3.55. The number of ether oxygens (including phenoxy) is 4. The van der Waals surface area contributed by atoms with Crippen molar-refractivity contribution in [2.24, 2.45) is 11.3 Å². The van der Waals surface area contributed by atoms with Crippen molar-refractivity contribution in [1.82, 2.24) is 14.8 Å². The lowest BCUT2D eigenvalue weighted by atomic mass is 9.47. The minimum Gasteiger partial charge on any atom is -0.496 e. The van der Waals surface area contributed by atoms with Gasteiger partial charge in [0, 0.05) is 102 Å². The molecule has 0 amide bonds. The first-order valence-corrected chi connectivity index (χ1v) is 26.6. The number of aromatic nitrogens is 1. The quantitative estimate of drug-likeness (QED) is 0.0542. The fraction of sp³-hybridized carbons (Fsp3) is 0.620. The summed E-state index contributed by atoms with van der Waals surface area (Å²) in [4.78, 5) is 54.6. The van der Waals surface area contributed by atoms with Crippen molar-refractivity contribution in [1.29, 1.82) is 0 Å². The average molecular weight is 979 g/mol. The predicted octanol–water partition coefficient (Wildman–Crippen LogP) is 4.45. The van der Waals surface area contributed by atoms with Gasteiger partial charge in [-0.15, -0.1) is 11.8 Å². The fourth-order valence-electron chi connectivity index (χ4n) is 14.1. The van der Waals surface area contributed by atoms with Gasteiger partial charge >= 0.3 is 17.9 Å². The Morgan fingerprint density at radius 1 is 0.971 bits per heavy atom. The topological polar surface area (TPSA) is 197 Å². The van der Waals surface area contributed by atoms with E-state index in [1.165, 1.54) is 21.1 Å². The second-order valence-electron chi connectivity index (χ2n) is 20.1. The van der Waals surface area contributed by atoms with Crippen LogP contribution in [0.4, 0.5) is 5.69 Å². The van der Waals surface area contributed by atoms with Crippen LogP contribution in [-0.4, -0.2) is 160 Å². The van der Waals surface area contributed by atoms with E-state index in [1.807, 2.05) is 56.1 Å². The molecule has 10 atom stereocenters. The largest absolute Gasteiger partial charge is 0.496 e. The summed E-state index contributed by atoms with van der Waals surface area (Å²) < 4.78 is 52.3. The Labute approximate surface area is 403 Å². The van der Waals surface area contributed by atoms with E-state index in [1.54, 1.807) is 18.9 Å². The third-order valence-corrected chi connectivity index (χ3v) is 18.2. The minimum absolute atomic E-state index is 0.0838. The van der Waals surface area contributed by atoms with Crippen molar-refractivity contribution in [3.63, 3.8) is 0 Å². The molecular weight excluding hydrogens is 913 g/mol. The molecule has 3 fully saturated rings. The molecule has 2 saturated heterocycles. The molecule has 2 aromatic carbocycles. The normalized spacial score (nSPS) is 33.9. The molecule has 3 aromatic rings. The Balaban J connectivity index is 1.29. The van der Waals surface area contributed by atoms with Gasteiger partial charge in [-0.3, -0.25) is 23.6 Å². The van der Waals surface area contributed by atoms with E-state index in [0.717, 1.165) is 33.2 Å². The Hall–Kier alpha value is -4.17. The zero-order valence-corrected chi connectivity index (χ0v) is 42.0. The first kappa shape index (κ1) is 48.8. The summed E-state index contributed by atoms with van der Waals surface area (Å²) in [5.41, 5.74) is -2.31. The van der Waals surface area contributed by atoms with Gasteiger partial charge in [-0.25, -0.2) is 4.79 Å². The Morgan fingerprint density at radius 3 is 2.41 bits per heavy atom. The number of nitrogens with one attached hydrogen (secondary N) is 1. The summed E-state index contributed by atoms with van der Waals surface area (Å²) in [5, 5.41) is 26.5. The average Bonchev–Trinajstić information content (AvgIpc) is 3.97. The number of hydrogen-bond acceptors (Lipinski definition) is 16. The number of fused-ring (bicyclic) bond motifs is 6.